The number of anilines is 2. The highest BCUT2D eigenvalue weighted by molar-refractivity contribution is 5.91. The molecule has 7 nitrogen and oxygen atoms in total. The fraction of sp³-hybridized carbons (Fsp3) is 0.250. The first-order chi connectivity index (χ1) is 14.8. The summed E-state index contributed by atoms with van der Waals surface area (Å²) in [6, 6.07) is 14.4. The lowest BCUT2D eigenvalue weighted by atomic mass is 10.0. The summed E-state index contributed by atoms with van der Waals surface area (Å²) < 4.78 is 1.14. The number of nitrogens with one attached hydrogen (secondary N) is 2. The maximum absolute atomic E-state index is 12.5. The van der Waals surface area contributed by atoms with Crippen LogP contribution in [0.25, 0.3) is 11.3 Å². The summed E-state index contributed by atoms with van der Waals surface area (Å²) in [4.78, 5) is 36.3. The van der Waals surface area contributed by atoms with Gasteiger partial charge in [-0.1, -0.05) is 36.8 Å². The third-order valence-corrected chi connectivity index (χ3v) is 4.91. The van der Waals surface area contributed by atoms with E-state index in [-0.39, 0.29) is 23.9 Å². The van der Waals surface area contributed by atoms with E-state index in [1.807, 2.05) is 57.2 Å². The Morgan fingerprint density at radius 1 is 0.968 bits per heavy atom. The molecule has 0 fully saturated rings. The third-order valence-electron chi connectivity index (χ3n) is 4.91. The maximum atomic E-state index is 12.5. The molecule has 0 aliphatic heterocycles. The van der Waals surface area contributed by atoms with Crippen molar-refractivity contribution in [1.82, 2.24) is 9.78 Å². The number of carbonyl (C=O) groups excluding carboxylic acids is 2. The summed E-state index contributed by atoms with van der Waals surface area (Å²) in [5.74, 6) is -0.494. The monoisotopic (exact) mass is 418 g/mol. The number of aromatic nitrogens is 2. The molecule has 3 rings (SSSR count). The molecular formula is C24H26N4O3. The average Bonchev–Trinajstić information content (AvgIpc) is 2.71. The van der Waals surface area contributed by atoms with Gasteiger partial charge < -0.3 is 10.6 Å². The van der Waals surface area contributed by atoms with Gasteiger partial charge in [-0.05, 0) is 49.6 Å². The van der Waals surface area contributed by atoms with Crippen molar-refractivity contribution in [3.8, 4) is 11.3 Å². The predicted octanol–water partition coefficient (Wildman–Crippen LogP) is 3.69. The zero-order chi connectivity index (χ0) is 22.5. The van der Waals surface area contributed by atoms with Crippen LogP contribution in [-0.2, 0) is 22.6 Å². The molecule has 2 amide bonds. The summed E-state index contributed by atoms with van der Waals surface area (Å²) in [7, 11) is 0. The Labute approximate surface area is 181 Å². The molecule has 160 valence electrons. The summed E-state index contributed by atoms with van der Waals surface area (Å²) in [6.07, 6.45) is 0.765. The molecule has 1 aromatic heterocycles. The topological polar surface area (TPSA) is 93.1 Å². The Bertz CT molecular complexity index is 1200. The van der Waals surface area contributed by atoms with Crippen LogP contribution in [0.4, 0.5) is 11.4 Å². The van der Waals surface area contributed by atoms with E-state index in [1.165, 1.54) is 13.0 Å². The lowest BCUT2D eigenvalue weighted by Gasteiger charge is -2.12. The van der Waals surface area contributed by atoms with Gasteiger partial charge in [-0.25, -0.2) is 4.68 Å². The van der Waals surface area contributed by atoms with Gasteiger partial charge in [0.15, 0.2) is 0 Å². The highest BCUT2D eigenvalue weighted by Crippen LogP contribution is 2.24. The maximum Gasteiger partial charge on any atom is 0.267 e. The molecule has 7 heteroatoms. The van der Waals surface area contributed by atoms with Gasteiger partial charge in [0.25, 0.3) is 5.56 Å². The van der Waals surface area contributed by atoms with E-state index in [9.17, 15) is 14.4 Å². The molecule has 0 saturated heterocycles. The SMILES string of the molecule is CCc1ccc(-c2ccc(=O)n(CC(=O)Nc3ccc(C)cc3C)n2)cc1NC(C)=O. The smallest absolute Gasteiger partial charge is 0.267 e. The van der Waals surface area contributed by atoms with Crippen molar-refractivity contribution in [2.75, 3.05) is 10.6 Å². The molecule has 0 saturated carbocycles. The number of aryl methyl sites for hydroxylation is 3. The summed E-state index contributed by atoms with van der Waals surface area (Å²) in [6.45, 7) is 7.16. The lowest BCUT2D eigenvalue weighted by molar-refractivity contribution is -0.117. The van der Waals surface area contributed by atoms with E-state index >= 15 is 0 Å². The number of rotatable bonds is 6. The van der Waals surface area contributed by atoms with Crippen molar-refractivity contribution < 1.29 is 9.59 Å². The first-order valence-corrected chi connectivity index (χ1v) is 10.1. The molecule has 31 heavy (non-hydrogen) atoms. The highest BCUT2D eigenvalue weighted by atomic mass is 16.2. The molecule has 0 radical (unpaired) electrons. The number of hydrogen-bond donors (Lipinski definition) is 2. The minimum atomic E-state index is -0.369. The van der Waals surface area contributed by atoms with Crippen LogP contribution in [0.1, 0.15) is 30.5 Å². The normalized spacial score (nSPS) is 10.6. The Hall–Kier alpha value is -3.74. The molecule has 0 bridgehead atoms. The van der Waals surface area contributed by atoms with Crippen molar-refractivity contribution >= 4 is 23.2 Å². The number of benzene rings is 2. The van der Waals surface area contributed by atoms with Gasteiger partial charge in [-0.15, -0.1) is 0 Å². The largest absolute Gasteiger partial charge is 0.326 e. The standard InChI is InChI=1S/C24H26N4O3/c1-5-18-7-8-19(13-22(18)25-17(4)29)21-10-11-24(31)28(27-21)14-23(30)26-20-9-6-15(2)12-16(20)3/h6-13H,5,14H2,1-4H3,(H,25,29)(H,26,30). The van der Waals surface area contributed by atoms with Gasteiger partial charge in [0.2, 0.25) is 11.8 Å². The van der Waals surface area contributed by atoms with Crippen LogP contribution >= 0.6 is 0 Å². The molecule has 0 aliphatic rings. The predicted molar refractivity (Wildman–Crippen MR) is 122 cm³/mol. The fourth-order valence-electron chi connectivity index (χ4n) is 3.35. The first kappa shape index (κ1) is 22.0. The van der Waals surface area contributed by atoms with Crippen LogP contribution in [-0.4, -0.2) is 21.6 Å². The Balaban J connectivity index is 1.85. The van der Waals surface area contributed by atoms with Gasteiger partial charge in [-0.3, -0.25) is 14.4 Å². The van der Waals surface area contributed by atoms with Crippen molar-refractivity contribution in [2.45, 2.75) is 40.7 Å². The third kappa shape index (κ3) is 5.45. The summed E-state index contributed by atoms with van der Waals surface area (Å²) in [5, 5.41) is 10.0. The zero-order valence-corrected chi connectivity index (χ0v) is 18.2. The van der Waals surface area contributed by atoms with Crippen LogP contribution in [0.15, 0.2) is 53.3 Å². The van der Waals surface area contributed by atoms with Crippen molar-refractivity contribution in [3.63, 3.8) is 0 Å². The van der Waals surface area contributed by atoms with Crippen molar-refractivity contribution in [3.05, 3.63) is 75.6 Å². The van der Waals surface area contributed by atoms with Gasteiger partial charge in [0, 0.05) is 29.9 Å². The molecule has 1 heterocycles. The quantitative estimate of drug-likeness (QED) is 0.639. The molecule has 0 spiro atoms. The fourth-order valence-corrected chi connectivity index (χ4v) is 3.35. The number of carbonyl (C=O) groups is 2. The average molecular weight is 418 g/mol. The van der Waals surface area contributed by atoms with Crippen molar-refractivity contribution in [1.29, 1.82) is 0 Å². The van der Waals surface area contributed by atoms with Crippen LogP contribution in [0.5, 0.6) is 0 Å². The minimum absolute atomic E-state index is 0.159. The van der Waals surface area contributed by atoms with E-state index in [2.05, 4.69) is 15.7 Å². The molecule has 0 atom stereocenters. The van der Waals surface area contributed by atoms with E-state index in [0.717, 1.165) is 33.4 Å². The van der Waals surface area contributed by atoms with E-state index in [1.54, 1.807) is 6.07 Å². The first-order valence-electron chi connectivity index (χ1n) is 10.1. The zero-order valence-electron chi connectivity index (χ0n) is 18.2. The lowest BCUT2D eigenvalue weighted by Crippen LogP contribution is -2.29. The molecule has 3 aromatic rings. The second-order valence-electron chi connectivity index (χ2n) is 7.49. The number of hydrogen-bond acceptors (Lipinski definition) is 4. The van der Waals surface area contributed by atoms with Gasteiger partial charge >= 0.3 is 0 Å². The molecule has 0 aliphatic carbocycles. The number of amides is 2. The minimum Gasteiger partial charge on any atom is -0.326 e. The molecule has 0 unspecified atom stereocenters. The molecule has 2 aromatic carbocycles. The van der Waals surface area contributed by atoms with Crippen LogP contribution < -0.4 is 16.2 Å². The highest BCUT2D eigenvalue weighted by Gasteiger charge is 2.11. The van der Waals surface area contributed by atoms with Crippen LogP contribution in [0.3, 0.4) is 0 Å². The number of nitrogens with zero attached hydrogens (tertiary/aromatic N) is 2. The Morgan fingerprint density at radius 2 is 1.74 bits per heavy atom. The van der Waals surface area contributed by atoms with Crippen LogP contribution in [0, 0.1) is 13.8 Å². The van der Waals surface area contributed by atoms with E-state index in [0.29, 0.717) is 17.1 Å². The van der Waals surface area contributed by atoms with Crippen LogP contribution in [0.2, 0.25) is 0 Å². The van der Waals surface area contributed by atoms with Crippen molar-refractivity contribution in [2.24, 2.45) is 0 Å². The Kier molecular flexibility index (Phi) is 6.65. The van der Waals surface area contributed by atoms with Gasteiger partial charge in [-0.2, -0.15) is 5.10 Å². The molecular weight excluding hydrogens is 392 g/mol. The second-order valence-corrected chi connectivity index (χ2v) is 7.49. The molecule has 2 N–H and O–H groups in total. The summed E-state index contributed by atoms with van der Waals surface area (Å²) in [5.41, 5.74) is 5.37. The van der Waals surface area contributed by atoms with E-state index < -0.39 is 0 Å². The van der Waals surface area contributed by atoms with E-state index in [4.69, 9.17) is 0 Å². The van der Waals surface area contributed by atoms with Gasteiger partial charge in [0.05, 0.1) is 5.69 Å². The second kappa shape index (κ2) is 9.38. The Morgan fingerprint density at radius 3 is 2.42 bits per heavy atom. The van der Waals surface area contributed by atoms with Gasteiger partial charge in [0.1, 0.15) is 6.54 Å². The summed E-state index contributed by atoms with van der Waals surface area (Å²) >= 11 is 0.